The van der Waals surface area contributed by atoms with Crippen LogP contribution in [0, 0.1) is 13.8 Å². The van der Waals surface area contributed by atoms with E-state index in [1.807, 2.05) is 44.2 Å². The fourth-order valence-corrected chi connectivity index (χ4v) is 1.39. The molecule has 0 amide bonds. The molecule has 0 unspecified atom stereocenters. The lowest BCUT2D eigenvalue weighted by molar-refractivity contribution is 0.465. The number of nitrogens with zero attached hydrogens (tertiary/aromatic N) is 1. The maximum Gasteiger partial charge on any atom is 0.219 e. The van der Waals surface area contributed by atoms with E-state index in [1.165, 1.54) is 0 Å². The number of nitrogen functional groups attached to an aromatic ring is 1. The predicted molar refractivity (Wildman–Crippen MR) is 64.6 cm³/mol. The second-order valence-electron chi connectivity index (χ2n) is 3.82. The molecule has 0 saturated carbocycles. The Balaban J connectivity index is 2.23. The van der Waals surface area contributed by atoms with Crippen molar-refractivity contribution in [1.82, 2.24) is 4.98 Å². The van der Waals surface area contributed by atoms with Crippen LogP contribution in [0.15, 0.2) is 36.5 Å². The van der Waals surface area contributed by atoms with Crippen LogP contribution in [0.4, 0.5) is 5.69 Å². The van der Waals surface area contributed by atoms with Crippen molar-refractivity contribution in [2.24, 2.45) is 0 Å². The quantitative estimate of drug-likeness (QED) is 0.781. The summed E-state index contributed by atoms with van der Waals surface area (Å²) in [5.74, 6) is 1.20. The molecule has 2 N–H and O–H groups in total. The Bertz CT molecular complexity index is 492. The Morgan fingerprint density at radius 1 is 1.06 bits per heavy atom. The molecule has 1 aromatic carbocycles. The summed E-state index contributed by atoms with van der Waals surface area (Å²) in [5, 5.41) is 0. The molecule has 82 valence electrons. The van der Waals surface area contributed by atoms with Crippen LogP contribution in [0.3, 0.4) is 0 Å². The first-order valence-corrected chi connectivity index (χ1v) is 5.12. The lowest BCUT2D eigenvalue weighted by atomic mass is 10.2. The van der Waals surface area contributed by atoms with Crippen LogP contribution in [-0.4, -0.2) is 4.98 Å². The third kappa shape index (κ3) is 2.31. The van der Waals surface area contributed by atoms with Gasteiger partial charge in [0.05, 0.1) is 5.69 Å². The van der Waals surface area contributed by atoms with Gasteiger partial charge in [-0.15, -0.1) is 0 Å². The van der Waals surface area contributed by atoms with Crippen molar-refractivity contribution in [1.29, 1.82) is 0 Å². The number of hydrogen-bond acceptors (Lipinski definition) is 3. The minimum absolute atomic E-state index is 0.557. The number of pyridine rings is 1. The van der Waals surface area contributed by atoms with E-state index in [0.29, 0.717) is 17.3 Å². The van der Waals surface area contributed by atoms with Crippen LogP contribution in [0.1, 0.15) is 11.1 Å². The normalized spacial score (nSPS) is 10.1. The van der Waals surface area contributed by atoms with Gasteiger partial charge in [0.25, 0.3) is 0 Å². The Morgan fingerprint density at radius 3 is 2.44 bits per heavy atom. The van der Waals surface area contributed by atoms with Gasteiger partial charge in [-0.1, -0.05) is 12.1 Å². The molecule has 0 aliphatic heterocycles. The van der Waals surface area contributed by atoms with E-state index in [1.54, 1.807) is 6.20 Å². The van der Waals surface area contributed by atoms with Gasteiger partial charge in [-0.2, -0.15) is 0 Å². The Kier molecular flexibility index (Phi) is 2.77. The van der Waals surface area contributed by atoms with Gasteiger partial charge in [0, 0.05) is 12.3 Å². The minimum Gasteiger partial charge on any atom is -0.437 e. The number of hydrogen-bond donors (Lipinski definition) is 1. The van der Waals surface area contributed by atoms with Gasteiger partial charge in [0.2, 0.25) is 5.88 Å². The summed E-state index contributed by atoms with van der Waals surface area (Å²) >= 11 is 0. The van der Waals surface area contributed by atoms with Crippen molar-refractivity contribution in [3.8, 4) is 11.6 Å². The van der Waals surface area contributed by atoms with E-state index in [2.05, 4.69) is 4.98 Å². The predicted octanol–water partition coefficient (Wildman–Crippen LogP) is 3.07. The highest BCUT2D eigenvalue weighted by molar-refractivity contribution is 5.55. The lowest BCUT2D eigenvalue weighted by Crippen LogP contribution is -1.94. The third-order valence-corrected chi connectivity index (χ3v) is 2.26. The number of rotatable bonds is 2. The molecular formula is C13H14N2O. The standard InChI is InChI=1S/C13H14N2O/c1-9-3-5-12(11(14)7-9)16-13-6-4-10(2)8-15-13/h3-8H,14H2,1-2H3. The molecule has 16 heavy (non-hydrogen) atoms. The summed E-state index contributed by atoms with van der Waals surface area (Å²) in [5.41, 5.74) is 8.69. The van der Waals surface area contributed by atoms with Crippen LogP contribution < -0.4 is 10.5 Å². The van der Waals surface area contributed by atoms with Gasteiger partial charge in [-0.3, -0.25) is 0 Å². The van der Waals surface area contributed by atoms with Crippen molar-refractivity contribution in [3.63, 3.8) is 0 Å². The van der Waals surface area contributed by atoms with Crippen LogP contribution >= 0.6 is 0 Å². The van der Waals surface area contributed by atoms with Crippen molar-refractivity contribution in [2.75, 3.05) is 5.73 Å². The first-order chi connectivity index (χ1) is 7.65. The highest BCUT2D eigenvalue weighted by Crippen LogP contribution is 2.26. The first kappa shape index (κ1) is 10.5. The Morgan fingerprint density at radius 2 is 1.81 bits per heavy atom. The maximum atomic E-state index is 5.85. The molecule has 0 aliphatic carbocycles. The molecular weight excluding hydrogens is 200 g/mol. The fourth-order valence-electron chi connectivity index (χ4n) is 1.39. The van der Waals surface area contributed by atoms with Gasteiger partial charge >= 0.3 is 0 Å². The number of aromatic nitrogens is 1. The van der Waals surface area contributed by atoms with Crippen LogP contribution in [0.25, 0.3) is 0 Å². The molecule has 1 heterocycles. The molecule has 0 atom stereocenters. The van der Waals surface area contributed by atoms with E-state index in [0.717, 1.165) is 11.1 Å². The Labute approximate surface area is 94.9 Å². The molecule has 0 radical (unpaired) electrons. The fraction of sp³-hybridized carbons (Fsp3) is 0.154. The number of benzene rings is 1. The molecule has 2 aromatic rings. The second-order valence-corrected chi connectivity index (χ2v) is 3.82. The van der Waals surface area contributed by atoms with Crippen LogP contribution in [0.2, 0.25) is 0 Å². The van der Waals surface area contributed by atoms with Crippen molar-refractivity contribution >= 4 is 5.69 Å². The summed E-state index contributed by atoms with van der Waals surface area (Å²) in [7, 11) is 0. The van der Waals surface area contributed by atoms with Crippen molar-refractivity contribution in [2.45, 2.75) is 13.8 Å². The summed E-state index contributed by atoms with van der Waals surface area (Å²) in [6.45, 7) is 3.97. The van der Waals surface area contributed by atoms with Crippen LogP contribution in [0.5, 0.6) is 11.6 Å². The molecule has 3 nitrogen and oxygen atoms in total. The average molecular weight is 214 g/mol. The number of nitrogens with two attached hydrogens (primary N) is 1. The third-order valence-electron chi connectivity index (χ3n) is 2.26. The zero-order chi connectivity index (χ0) is 11.5. The van der Waals surface area contributed by atoms with Gasteiger partial charge in [-0.25, -0.2) is 4.98 Å². The SMILES string of the molecule is Cc1ccc(Oc2ccc(C)cc2N)nc1. The summed E-state index contributed by atoms with van der Waals surface area (Å²) in [6, 6.07) is 9.47. The first-order valence-electron chi connectivity index (χ1n) is 5.12. The van der Waals surface area contributed by atoms with Gasteiger partial charge in [0.15, 0.2) is 5.75 Å². The van der Waals surface area contributed by atoms with Crippen molar-refractivity contribution < 1.29 is 4.74 Å². The zero-order valence-electron chi connectivity index (χ0n) is 9.40. The van der Waals surface area contributed by atoms with Gasteiger partial charge in [-0.05, 0) is 37.1 Å². The van der Waals surface area contributed by atoms with E-state index in [9.17, 15) is 0 Å². The average Bonchev–Trinajstić information content (AvgIpc) is 2.25. The number of aryl methyl sites for hydroxylation is 2. The largest absolute Gasteiger partial charge is 0.437 e. The van der Waals surface area contributed by atoms with E-state index < -0.39 is 0 Å². The molecule has 0 spiro atoms. The molecule has 0 saturated heterocycles. The molecule has 3 heteroatoms. The van der Waals surface area contributed by atoms with Crippen molar-refractivity contribution in [3.05, 3.63) is 47.7 Å². The van der Waals surface area contributed by atoms with Gasteiger partial charge < -0.3 is 10.5 Å². The Hall–Kier alpha value is -2.03. The van der Waals surface area contributed by atoms with E-state index in [-0.39, 0.29) is 0 Å². The van der Waals surface area contributed by atoms with E-state index >= 15 is 0 Å². The lowest BCUT2D eigenvalue weighted by Gasteiger charge is -2.08. The molecule has 0 fully saturated rings. The highest BCUT2D eigenvalue weighted by atomic mass is 16.5. The zero-order valence-corrected chi connectivity index (χ0v) is 9.40. The summed E-state index contributed by atoms with van der Waals surface area (Å²) in [6.07, 6.45) is 1.76. The smallest absolute Gasteiger partial charge is 0.219 e. The number of anilines is 1. The molecule has 0 aliphatic rings. The minimum atomic E-state index is 0.557. The molecule has 2 rings (SSSR count). The summed E-state index contributed by atoms with van der Waals surface area (Å²) in [4.78, 5) is 4.16. The summed E-state index contributed by atoms with van der Waals surface area (Å²) < 4.78 is 5.58. The van der Waals surface area contributed by atoms with Gasteiger partial charge in [0.1, 0.15) is 0 Å². The molecule has 1 aromatic heterocycles. The highest BCUT2D eigenvalue weighted by Gasteiger charge is 2.02. The second kappa shape index (κ2) is 4.23. The topological polar surface area (TPSA) is 48.1 Å². The number of ether oxygens (including phenoxy) is 1. The monoisotopic (exact) mass is 214 g/mol. The van der Waals surface area contributed by atoms with Crippen LogP contribution in [-0.2, 0) is 0 Å². The van der Waals surface area contributed by atoms with E-state index in [4.69, 9.17) is 10.5 Å². The maximum absolute atomic E-state index is 5.85. The molecule has 0 bridgehead atoms.